The smallest absolute Gasteiger partial charge is 0.409 e. The summed E-state index contributed by atoms with van der Waals surface area (Å²) in [7, 11) is 4.60. The van der Waals surface area contributed by atoms with Crippen LogP contribution in [0.15, 0.2) is 0 Å². The Morgan fingerprint density at radius 1 is 1.50 bits per heavy atom. The van der Waals surface area contributed by atoms with Crippen LogP contribution in [0.2, 0.25) is 0 Å². The van der Waals surface area contributed by atoms with Crippen molar-refractivity contribution >= 4 is 6.09 Å². The molecule has 0 radical (unpaired) electrons. The van der Waals surface area contributed by atoms with Crippen molar-refractivity contribution < 1.29 is 14.3 Å². The topological polar surface area (TPSA) is 38.8 Å². The summed E-state index contributed by atoms with van der Waals surface area (Å²) < 4.78 is 9.20. The van der Waals surface area contributed by atoms with Gasteiger partial charge in [-0.1, -0.05) is 0 Å². The normalized spacial score (nSPS) is 9.10. The van der Waals surface area contributed by atoms with Crippen LogP contribution in [0, 0.1) is 0 Å². The highest BCUT2D eigenvalue weighted by molar-refractivity contribution is 5.66. The van der Waals surface area contributed by atoms with Crippen LogP contribution in [0.3, 0.4) is 0 Å². The molecule has 0 rings (SSSR count). The molecule has 0 bridgehead atoms. The Kier molecular flexibility index (Phi) is 4.66. The Bertz CT molecular complexity index is 105. The molecule has 0 atom stereocenters. The molecule has 0 spiro atoms. The summed E-state index contributed by atoms with van der Waals surface area (Å²) in [5, 5.41) is 0. The molecule has 0 unspecified atom stereocenters. The lowest BCUT2D eigenvalue weighted by Gasteiger charge is -2.13. The number of ether oxygens (including phenoxy) is 2. The summed E-state index contributed by atoms with van der Waals surface area (Å²) in [6.07, 6.45) is -0.336. The molecule has 0 aromatic heterocycles. The van der Waals surface area contributed by atoms with Crippen LogP contribution in [0.5, 0.6) is 0 Å². The van der Waals surface area contributed by atoms with Gasteiger partial charge in [0, 0.05) is 20.7 Å². The molecule has 0 aromatic rings. The minimum absolute atomic E-state index is 0.336. The SMILES string of the molecule is COCCN(C)C(=O)OC. The van der Waals surface area contributed by atoms with Crippen LogP contribution in [0.25, 0.3) is 0 Å². The first-order chi connectivity index (χ1) is 4.72. The second-order valence-corrected chi connectivity index (χ2v) is 1.88. The molecule has 0 heterocycles. The number of rotatable bonds is 3. The number of hydrogen-bond acceptors (Lipinski definition) is 3. The summed E-state index contributed by atoms with van der Waals surface area (Å²) in [6, 6.07) is 0. The van der Waals surface area contributed by atoms with Crippen molar-refractivity contribution in [1.29, 1.82) is 0 Å². The Morgan fingerprint density at radius 2 is 2.10 bits per heavy atom. The average Bonchev–Trinajstić information content (AvgIpc) is 1.98. The third-order valence-electron chi connectivity index (χ3n) is 1.12. The lowest BCUT2D eigenvalue weighted by atomic mass is 10.6. The minimum atomic E-state index is -0.336. The number of nitrogens with zero attached hydrogens (tertiary/aromatic N) is 1. The number of likely N-dealkylation sites (N-methyl/N-ethyl adjacent to an activating group) is 1. The fourth-order valence-electron chi connectivity index (χ4n) is 0.475. The summed E-state index contributed by atoms with van der Waals surface area (Å²) in [5.74, 6) is 0. The summed E-state index contributed by atoms with van der Waals surface area (Å²) in [6.45, 7) is 1.09. The van der Waals surface area contributed by atoms with E-state index < -0.39 is 0 Å². The predicted octanol–water partition coefficient (Wildman–Crippen LogP) is 0.331. The molecular formula is C6H13NO3. The van der Waals surface area contributed by atoms with Gasteiger partial charge in [0.15, 0.2) is 0 Å². The highest BCUT2D eigenvalue weighted by atomic mass is 16.5. The highest BCUT2D eigenvalue weighted by Gasteiger charge is 2.05. The van der Waals surface area contributed by atoms with Gasteiger partial charge in [0.1, 0.15) is 0 Å². The van der Waals surface area contributed by atoms with Crippen molar-refractivity contribution in [2.45, 2.75) is 0 Å². The predicted molar refractivity (Wildman–Crippen MR) is 36.9 cm³/mol. The van der Waals surface area contributed by atoms with Gasteiger partial charge in [-0.25, -0.2) is 4.79 Å². The van der Waals surface area contributed by atoms with E-state index in [1.54, 1.807) is 14.2 Å². The fraction of sp³-hybridized carbons (Fsp3) is 0.833. The van der Waals surface area contributed by atoms with Gasteiger partial charge in [-0.05, 0) is 0 Å². The first kappa shape index (κ1) is 9.23. The molecule has 0 aliphatic rings. The number of carbonyl (C=O) groups excluding carboxylic acids is 1. The van der Waals surface area contributed by atoms with Crippen LogP contribution in [0.4, 0.5) is 4.79 Å². The number of amides is 1. The van der Waals surface area contributed by atoms with Crippen molar-refractivity contribution in [3.05, 3.63) is 0 Å². The quantitative estimate of drug-likeness (QED) is 0.577. The van der Waals surface area contributed by atoms with Crippen LogP contribution >= 0.6 is 0 Å². The van der Waals surface area contributed by atoms with Crippen molar-refractivity contribution in [2.75, 3.05) is 34.4 Å². The lowest BCUT2D eigenvalue weighted by Crippen LogP contribution is -2.29. The van der Waals surface area contributed by atoms with Crippen molar-refractivity contribution in [3.63, 3.8) is 0 Å². The van der Waals surface area contributed by atoms with Crippen LogP contribution in [-0.4, -0.2) is 45.4 Å². The Balaban J connectivity index is 3.41. The number of hydrogen-bond donors (Lipinski definition) is 0. The highest BCUT2D eigenvalue weighted by Crippen LogP contribution is 1.86. The van der Waals surface area contributed by atoms with Crippen molar-refractivity contribution in [3.8, 4) is 0 Å². The van der Waals surface area contributed by atoms with Crippen LogP contribution in [0.1, 0.15) is 0 Å². The molecule has 0 aliphatic carbocycles. The molecule has 0 fully saturated rings. The van der Waals surface area contributed by atoms with Gasteiger partial charge in [-0.3, -0.25) is 0 Å². The Hall–Kier alpha value is -0.770. The van der Waals surface area contributed by atoms with E-state index in [1.165, 1.54) is 12.0 Å². The van der Waals surface area contributed by atoms with E-state index in [0.717, 1.165) is 0 Å². The lowest BCUT2D eigenvalue weighted by molar-refractivity contribution is 0.114. The molecule has 4 nitrogen and oxygen atoms in total. The number of carbonyl (C=O) groups is 1. The van der Waals surface area contributed by atoms with Gasteiger partial charge >= 0.3 is 6.09 Å². The standard InChI is InChI=1S/C6H13NO3/c1-7(4-5-9-2)6(8)10-3/h4-5H2,1-3H3. The molecule has 4 heteroatoms. The average molecular weight is 147 g/mol. The van der Waals surface area contributed by atoms with E-state index in [1.807, 2.05) is 0 Å². The van der Waals surface area contributed by atoms with Gasteiger partial charge in [-0.15, -0.1) is 0 Å². The maximum atomic E-state index is 10.7. The molecular weight excluding hydrogens is 134 g/mol. The molecule has 1 amide bonds. The first-order valence-electron chi connectivity index (χ1n) is 3.00. The van der Waals surface area contributed by atoms with Gasteiger partial charge in [0.2, 0.25) is 0 Å². The molecule has 0 saturated carbocycles. The molecule has 0 N–H and O–H groups in total. The zero-order valence-electron chi connectivity index (χ0n) is 6.59. The largest absolute Gasteiger partial charge is 0.453 e. The first-order valence-corrected chi connectivity index (χ1v) is 3.00. The summed E-state index contributed by atoms with van der Waals surface area (Å²) in [4.78, 5) is 12.1. The van der Waals surface area contributed by atoms with E-state index in [-0.39, 0.29) is 6.09 Å². The third-order valence-corrected chi connectivity index (χ3v) is 1.12. The van der Waals surface area contributed by atoms with E-state index in [4.69, 9.17) is 4.74 Å². The Labute approximate surface area is 60.7 Å². The summed E-state index contributed by atoms with van der Waals surface area (Å²) >= 11 is 0. The van der Waals surface area contributed by atoms with Crippen molar-refractivity contribution in [2.24, 2.45) is 0 Å². The van der Waals surface area contributed by atoms with Gasteiger partial charge in [-0.2, -0.15) is 0 Å². The second-order valence-electron chi connectivity index (χ2n) is 1.88. The minimum Gasteiger partial charge on any atom is -0.453 e. The van der Waals surface area contributed by atoms with E-state index in [2.05, 4.69) is 4.74 Å². The second kappa shape index (κ2) is 5.05. The molecule has 0 aliphatic heterocycles. The van der Waals surface area contributed by atoms with E-state index >= 15 is 0 Å². The Morgan fingerprint density at radius 3 is 2.50 bits per heavy atom. The monoisotopic (exact) mass is 147 g/mol. The maximum absolute atomic E-state index is 10.7. The zero-order valence-corrected chi connectivity index (χ0v) is 6.59. The molecule has 60 valence electrons. The third kappa shape index (κ3) is 3.29. The van der Waals surface area contributed by atoms with E-state index in [9.17, 15) is 4.79 Å². The number of methoxy groups -OCH3 is 2. The van der Waals surface area contributed by atoms with Gasteiger partial charge in [0.05, 0.1) is 13.7 Å². The van der Waals surface area contributed by atoms with Crippen molar-refractivity contribution in [1.82, 2.24) is 4.90 Å². The maximum Gasteiger partial charge on any atom is 0.409 e. The molecule has 0 aromatic carbocycles. The molecule has 0 saturated heterocycles. The fourth-order valence-corrected chi connectivity index (χ4v) is 0.475. The van der Waals surface area contributed by atoms with Crippen LogP contribution < -0.4 is 0 Å². The van der Waals surface area contributed by atoms with Crippen LogP contribution in [-0.2, 0) is 9.47 Å². The van der Waals surface area contributed by atoms with E-state index in [0.29, 0.717) is 13.2 Å². The zero-order chi connectivity index (χ0) is 7.98. The molecule has 10 heavy (non-hydrogen) atoms. The summed E-state index contributed by atoms with van der Waals surface area (Å²) in [5.41, 5.74) is 0. The van der Waals surface area contributed by atoms with Gasteiger partial charge in [0.25, 0.3) is 0 Å². The van der Waals surface area contributed by atoms with Gasteiger partial charge < -0.3 is 14.4 Å².